The van der Waals surface area contributed by atoms with Gasteiger partial charge in [-0.25, -0.2) is 4.79 Å². The van der Waals surface area contributed by atoms with Crippen molar-refractivity contribution in [3.05, 3.63) is 18.2 Å². The molecule has 0 amide bonds. The SMILES string of the molecule is CCCCC(=O)Oc1c(OC)c(OC)c(OC(C)=O)c2cccc([S+]([O-])CC(=O)OC)c12. The van der Waals surface area contributed by atoms with E-state index < -0.39 is 34.8 Å². The predicted octanol–water partition coefficient (Wildman–Crippen LogP) is 3.16. The lowest BCUT2D eigenvalue weighted by Crippen LogP contribution is -2.18. The quantitative estimate of drug-likeness (QED) is 0.295. The first-order valence-electron chi connectivity index (χ1n) is 9.83. The number of carbonyl (C=O) groups excluding carboxylic acids is 3. The number of benzene rings is 2. The molecule has 0 aliphatic carbocycles. The molecule has 0 aliphatic rings. The van der Waals surface area contributed by atoms with Crippen molar-refractivity contribution in [1.82, 2.24) is 0 Å². The summed E-state index contributed by atoms with van der Waals surface area (Å²) >= 11 is -1.86. The summed E-state index contributed by atoms with van der Waals surface area (Å²) < 4.78 is 39.5. The van der Waals surface area contributed by atoms with Gasteiger partial charge in [0.2, 0.25) is 17.3 Å². The zero-order valence-electron chi connectivity index (χ0n) is 18.6. The van der Waals surface area contributed by atoms with Crippen molar-refractivity contribution in [2.45, 2.75) is 38.0 Å². The van der Waals surface area contributed by atoms with Gasteiger partial charge in [0.1, 0.15) is 0 Å². The van der Waals surface area contributed by atoms with Crippen LogP contribution in [-0.2, 0) is 30.3 Å². The Bertz CT molecular complexity index is 1000. The lowest BCUT2D eigenvalue weighted by Gasteiger charge is -2.21. The highest BCUT2D eigenvalue weighted by Gasteiger charge is 2.31. The fourth-order valence-corrected chi connectivity index (χ4v) is 4.18. The molecule has 0 aliphatic heterocycles. The van der Waals surface area contributed by atoms with E-state index in [0.29, 0.717) is 11.8 Å². The highest BCUT2D eigenvalue weighted by atomic mass is 32.2. The zero-order valence-corrected chi connectivity index (χ0v) is 19.5. The second-order valence-corrected chi connectivity index (χ2v) is 8.06. The lowest BCUT2D eigenvalue weighted by molar-refractivity contribution is -0.137. The molecule has 174 valence electrons. The Morgan fingerprint density at radius 3 is 2.16 bits per heavy atom. The third-order valence-corrected chi connectivity index (χ3v) is 5.77. The molecule has 0 bridgehead atoms. The van der Waals surface area contributed by atoms with E-state index in [1.54, 1.807) is 12.1 Å². The zero-order chi connectivity index (χ0) is 23.8. The molecule has 0 N–H and O–H groups in total. The highest BCUT2D eigenvalue weighted by molar-refractivity contribution is 7.92. The Morgan fingerprint density at radius 2 is 1.59 bits per heavy atom. The van der Waals surface area contributed by atoms with Crippen LogP contribution in [0.5, 0.6) is 23.0 Å². The summed E-state index contributed by atoms with van der Waals surface area (Å²) in [6.07, 6.45) is 1.56. The third kappa shape index (κ3) is 5.63. The molecule has 1 unspecified atom stereocenters. The number of rotatable bonds is 10. The Balaban J connectivity index is 2.87. The average molecular weight is 467 g/mol. The second-order valence-electron chi connectivity index (χ2n) is 6.64. The van der Waals surface area contributed by atoms with Crippen molar-refractivity contribution in [2.24, 2.45) is 0 Å². The van der Waals surface area contributed by atoms with Gasteiger partial charge in [-0.3, -0.25) is 9.59 Å². The minimum atomic E-state index is -1.86. The van der Waals surface area contributed by atoms with E-state index in [1.807, 2.05) is 6.92 Å². The molecular formula is C22H26O9S. The van der Waals surface area contributed by atoms with Gasteiger partial charge in [0.15, 0.2) is 16.4 Å². The Morgan fingerprint density at radius 1 is 0.938 bits per heavy atom. The first kappa shape index (κ1) is 25.3. The molecule has 10 heteroatoms. The summed E-state index contributed by atoms with van der Waals surface area (Å²) in [7, 11) is 3.87. The van der Waals surface area contributed by atoms with Crippen LogP contribution in [0.2, 0.25) is 0 Å². The number of ether oxygens (including phenoxy) is 5. The molecule has 1 atom stereocenters. The monoisotopic (exact) mass is 466 g/mol. The largest absolute Gasteiger partial charge is 0.611 e. The van der Waals surface area contributed by atoms with Gasteiger partial charge in [-0.2, -0.15) is 0 Å². The molecule has 0 saturated heterocycles. The minimum Gasteiger partial charge on any atom is -0.611 e. The Hall–Kier alpha value is -2.98. The molecule has 2 aromatic rings. The van der Waals surface area contributed by atoms with E-state index >= 15 is 0 Å². The van der Waals surface area contributed by atoms with Crippen LogP contribution in [0.15, 0.2) is 23.1 Å². The summed E-state index contributed by atoms with van der Waals surface area (Å²) in [5, 5.41) is 0.500. The van der Waals surface area contributed by atoms with Crippen molar-refractivity contribution in [3.63, 3.8) is 0 Å². The summed E-state index contributed by atoms with van der Waals surface area (Å²) in [6, 6.07) is 4.69. The Kier molecular flexibility index (Phi) is 9.15. The molecule has 0 spiro atoms. The van der Waals surface area contributed by atoms with Crippen molar-refractivity contribution in [3.8, 4) is 23.0 Å². The molecule has 0 radical (unpaired) electrons. The van der Waals surface area contributed by atoms with Gasteiger partial charge in [0, 0.05) is 18.7 Å². The molecule has 0 aromatic heterocycles. The minimum absolute atomic E-state index is 0.0105. The van der Waals surface area contributed by atoms with Gasteiger partial charge in [0.25, 0.3) is 0 Å². The number of esters is 3. The number of fused-ring (bicyclic) bond motifs is 1. The summed E-state index contributed by atoms with van der Waals surface area (Å²) in [5.74, 6) is -2.25. The van der Waals surface area contributed by atoms with Crippen LogP contribution < -0.4 is 18.9 Å². The van der Waals surface area contributed by atoms with Gasteiger partial charge >= 0.3 is 17.9 Å². The van der Waals surface area contributed by atoms with E-state index in [-0.39, 0.29) is 39.7 Å². The smallest absolute Gasteiger partial charge is 0.356 e. The van der Waals surface area contributed by atoms with Gasteiger partial charge in [-0.15, -0.1) is 0 Å². The third-order valence-electron chi connectivity index (χ3n) is 4.44. The number of hydrogen-bond acceptors (Lipinski definition) is 9. The average Bonchev–Trinajstić information content (AvgIpc) is 2.77. The van der Waals surface area contributed by atoms with Crippen LogP contribution in [0.3, 0.4) is 0 Å². The van der Waals surface area contributed by atoms with Crippen LogP contribution >= 0.6 is 0 Å². The van der Waals surface area contributed by atoms with Crippen LogP contribution in [-0.4, -0.2) is 49.5 Å². The van der Waals surface area contributed by atoms with E-state index in [4.69, 9.17) is 18.9 Å². The van der Waals surface area contributed by atoms with Gasteiger partial charge in [-0.1, -0.05) is 19.4 Å². The van der Waals surface area contributed by atoms with Gasteiger partial charge in [0.05, 0.1) is 26.7 Å². The number of hydrogen-bond donors (Lipinski definition) is 0. The van der Waals surface area contributed by atoms with Crippen molar-refractivity contribution < 1.29 is 42.6 Å². The molecule has 0 heterocycles. The summed E-state index contributed by atoms with van der Waals surface area (Å²) in [4.78, 5) is 36.2. The number of methoxy groups -OCH3 is 3. The normalized spacial score (nSPS) is 11.6. The fourth-order valence-electron chi connectivity index (χ4n) is 3.03. The standard InChI is InChI=1S/C22H26O9S/c1-6-7-11-16(24)31-20-18-14(9-8-10-15(18)32(26)12-17(25)27-3)19(30-13(2)23)21(28-4)22(20)29-5/h8-10H,6-7,11-12H2,1-5H3. The number of unbranched alkanes of at least 4 members (excludes halogenated alkanes) is 1. The molecule has 2 rings (SSSR count). The summed E-state index contributed by atoms with van der Waals surface area (Å²) in [5.41, 5.74) is 0. The van der Waals surface area contributed by atoms with Crippen LogP contribution in [0, 0.1) is 0 Å². The van der Waals surface area contributed by atoms with Crippen LogP contribution in [0.4, 0.5) is 0 Å². The van der Waals surface area contributed by atoms with E-state index in [0.717, 1.165) is 6.42 Å². The fraction of sp³-hybridized carbons (Fsp3) is 0.409. The van der Waals surface area contributed by atoms with Gasteiger partial charge in [-0.05, 0) is 29.7 Å². The highest BCUT2D eigenvalue weighted by Crippen LogP contribution is 2.52. The summed E-state index contributed by atoms with van der Waals surface area (Å²) in [6.45, 7) is 3.16. The van der Waals surface area contributed by atoms with E-state index in [2.05, 4.69) is 4.74 Å². The van der Waals surface area contributed by atoms with Crippen molar-refractivity contribution >= 4 is 39.9 Å². The van der Waals surface area contributed by atoms with Crippen molar-refractivity contribution in [1.29, 1.82) is 0 Å². The lowest BCUT2D eigenvalue weighted by atomic mass is 10.1. The molecule has 9 nitrogen and oxygen atoms in total. The van der Waals surface area contributed by atoms with Gasteiger partial charge < -0.3 is 28.2 Å². The Labute approximate surface area is 189 Å². The maximum absolute atomic E-state index is 13.0. The maximum Gasteiger partial charge on any atom is 0.356 e. The van der Waals surface area contributed by atoms with E-state index in [9.17, 15) is 18.9 Å². The predicted molar refractivity (Wildman–Crippen MR) is 117 cm³/mol. The number of carbonyl (C=O) groups is 3. The molecule has 0 fully saturated rings. The topological polar surface area (TPSA) is 120 Å². The molecular weight excluding hydrogens is 440 g/mol. The van der Waals surface area contributed by atoms with Crippen LogP contribution in [0.25, 0.3) is 10.8 Å². The first-order chi connectivity index (χ1) is 15.3. The van der Waals surface area contributed by atoms with E-state index in [1.165, 1.54) is 34.3 Å². The van der Waals surface area contributed by atoms with Crippen LogP contribution in [0.1, 0.15) is 33.1 Å². The molecule has 32 heavy (non-hydrogen) atoms. The molecule has 2 aromatic carbocycles. The maximum atomic E-state index is 13.0. The van der Waals surface area contributed by atoms with Crippen molar-refractivity contribution in [2.75, 3.05) is 27.1 Å². The first-order valence-corrected chi connectivity index (χ1v) is 11.2. The molecule has 0 saturated carbocycles. The second kappa shape index (κ2) is 11.6.